The second-order valence-corrected chi connectivity index (χ2v) is 4.42. The fourth-order valence-corrected chi connectivity index (χ4v) is 1.95. The summed E-state index contributed by atoms with van der Waals surface area (Å²) in [4.78, 5) is 4.08. The van der Waals surface area contributed by atoms with E-state index in [9.17, 15) is 9.50 Å². The van der Waals surface area contributed by atoms with Crippen molar-refractivity contribution in [1.82, 2.24) is 4.98 Å². The minimum atomic E-state index is -0.672. The van der Waals surface area contributed by atoms with Crippen LogP contribution in [0.4, 0.5) is 4.39 Å². The third-order valence-electron chi connectivity index (χ3n) is 2.95. The molecule has 1 aromatic heterocycles. The first-order valence-corrected chi connectivity index (χ1v) is 6.03. The van der Waals surface area contributed by atoms with Gasteiger partial charge in [0.1, 0.15) is 0 Å². The Morgan fingerprint density at radius 3 is 2.74 bits per heavy atom. The van der Waals surface area contributed by atoms with Gasteiger partial charge in [0.15, 0.2) is 11.6 Å². The van der Waals surface area contributed by atoms with Crippen LogP contribution >= 0.6 is 0 Å². The van der Waals surface area contributed by atoms with Crippen molar-refractivity contribution in [3.05, 3.63) is 59.2 Å². The Hall–Kier alpha value is -1.94. The highest BCUT2D eigenvalue weighted by molar-refractivity contribution is 5.30. The number of benzene rings is 1. The largest absolute Gasteiger partial charge is 0.494 e. The first kappa shape index (κ1) is 13.5. The van der Waals surface area contributed by atoms with E-state index in [1.165, 1.54) is 13.2 Å². The van der Waals surface area contributed by atoms with Crippen LogP contribution < -0.4 is 4.74 Å². The molecule has 3 nitrogen and oxygen atoms in total. The van der Waals surface area contributed by atoms with Gasteiger partial charge >= 0.3 is 0 Å². The van der Waals surface area contributed by atoms with Crippen LogP contribution in [-0.2, 0) is 6.42 Å². The number of ether oxygens (including phenoxy) is 1. The summed E-state index contributed by atoms with van der Waals surface area (Å²) in [6.45, 7) is 1.86. The summed E-state index contributed by atoms with van der Waals surface area (Å²) < 4.78 is 18.4. The molecule has 19 heavy (non-hydrogen) atoms. The molecule has 4 heteroatoms. The van der Waals surface area contributed by atoms with Crippen molar-refractivity contribution in [3.63, 3.8) is 0 Å². The summed E-state index contributed by atoms with van der Waals surface area (Å²) in [5.74, 6) is -0.212. The molecule has 1 unspecified atom stereocenters. The van der Waals surface area contributed by atoms with Crippen LogP contribution in [0.3, 0.4) is 0 Å². The Balaban J connectivity index is 2.14. The molecule has 0 amide bonds. The van der Waals surface area contributed by atoms with Crippen LogP contribution in [0.25, 0.3) is 0 Å². The number of hydrogen-bond donors (Lipinski definition) is 1. The van der Waals surface area contributed by atoms with Gasteiger partial charge in [-0.25, -0.2) is 4.39 Å². The van der Waals surface area contributed by atoms with E-state index < -0.39 is 11.9 Å². The lowest BCUT2D eigenvalue weighted by Gasteiger charge is -2.12. The maximum atomic E-state index is 13.6. The van der Waals surface area contributed by atoms with Crippen molar-refractivity contribution in [1.29, 1.82) is 0 Å². The van der Waals surface area contributed by atoms with Gasteiger partial charge in [0.25, 0.3) is 0 Å². The fourth-order valence-electron chi connectivity index (χ4n) is 1.95. The number of hydrogen-bond acceptors (Lipinski definition) is 3. The van der Waals surface area contributed by atoms with Crippen LogP contribution in [0.2, 0.25) is 0 Å². The van der Waals surface area contributed by atoms with Gasteiger partial charge in [0, 0.05) is 18.3 Å². The van der Waals surface area contributed by atoms with Crippen LogP contribution in [0.1, 0.15) is 22.9 Å². The zero-order valence-electron chi connectivity index (χ0n) is 10.9. The van der Waals surface area contributed by atoms with Crippen LogP contribution in [0.5, 0.6) is 5.75 Å². The van der Waals surface area contributed by atoms with E-state index in [4.69, 9.17) is 4.74 Å². The summed E-state index contributed by atoms with van der Waals surface area (Å²) in [6.07, 6.45) is 1.34. The number of methoxy groups -OCH3 is 1. The van der Waals surface area contributed by atoms with E-state index in [1.807, 2.05) is 13.0 Å². The maximum absolute atomic E-state index is 13.6. The Morgan fingerprint density at radius 2 is 2.11 bits per heavy atom. The normalized spacial score (nSPS) is 12.2. The number of aliphatic hydroxyl groups excluding tert-OH is 1. The zero-order valence-corrected chi connectivity index (χ0v) is 10.9. The van der Waals surface area contributed by atoms with Gasteiger partial charge < -0.3 is 9.84 Å². The highest BCUT2D eigenvalue weighted by Gasteiger charge is 2.11. The third-order valence-corrected chi connectivity index (χ3v) is 2.95. The van der Waals surface area contributed by atoms with E-state index in [0.717, 1.165) is 16.8 Å². The summed E-state index contributed by atoms with van der Waals surface area (Å²) in [7, 11) is 1.42. The molecule has 100 valence electrons. The average Bonchev–Trinajstić information content (AvgIpc) is 2.39. The predicted molar refractivity (Wildman–Crippen MR) is 70.6 cm³/mol. The highest BCUT2D eigenvalue weighted by atomic mass is 19.1. The van der Waals surface area contributed by atoms with Gasteiger partial charge in [-0.3, -0.25) is 4.98 Å². The minimum Gasteiger partial charge on any atom is -0.494 e. The van der Waals surface area contributed by atoms with Crippen molar-refractivity contribution in [2.24, 2.45) is 0 Å². The van der Waals surface area contributed by atoms with Crippen molar-refractivity contribution >= 4 is 0 Å². The lowest BCUT2D eigenvalue weighted by molar-refractivity contribution is 0.178. The number of rotatable bonds is 4. The molecular formula is C15H16FNO2. The van der Waals surface area contributed by atoms with E-state index >= 15 is 0 Å². The number of nitrogens with zero attached hydrogens (tertiary/aromatic N) is 1. The third kappa shape index (κ3) is 3.29. The number of aromatic nitrogens is 1. The smallest absolute Gasteiger partial charge is 0.165 e. The van der Waals surface area contributed by atoms with Gasteiger partial charge in [0.2, 0.25) is 0 Å². The average molecular weight is 261 g/mol. The van der Waals surface area contributed by atoms with Gasteiger partial charge in [-0.2, -0.15) is 0 Å². The summed E-state index contributed by atoms with van der Waals surface area (Å²) in [5, 5.41) is 10.1. The SMILES string of the molecule is COc1ccc(CC(O)c2ccnc(C)c2)cc1F. The molecule has 2 aromatic rings. The van der Waals surface area contributed by atoms with Crippen LogP contribution in [0.15, 0.2) is 36.5 Å². The molecule has 0 saturated heterocycles. The first-order chi connectivity index (χ1) is 9.10. The quantitative estimate of drug-likeness (QED) is 0.920. The molecule has 0 spiro atoms. The lowest BCUT2D eigenvalue weighted by atomic mass is 10.0. The molecule has 0 aliphatic rings. The lowest BCUT2D eigenvalue weighted by Crippen LogP contribution is -2.03. The molecule has 1 atom stereocenters. The molecule has 1 heterocycles. The van der Waals surface area contributed by atoms with Crippen LogP contribution in [-0.4, -0.2) is 17.2 Å². The maximum Gasteiger partial charge on any atom is 0.165 e. The van der Waals surface area contributed by atoms with E-state index in [0.29, 0.717) is 6.42 Å². The van der Waals surface area contributed by atoms with E-state index in [2.05, 4.69) is 4.98 Å². The van der Waals surface area contributed by atoms with Crippen molar-refractivity contribution in [2.45, 2.75) is 19.4 Å². The molecule has 0 bridgehead atoms. The number of halogens is 1. The second kappa shape index (κ2) is 5.80. The topological polar surface area (TPSA) is 42.4 Å². The van der Waals surface area contributed by atoms with Crippen molar-refractivity contribution in [2.75, 3.05) is 7.11 Å². The highest BCUT2D eigenvalue weighted by Crippen LogP contribution is 2.22. The molecule has 0 saturated carbocycles. The summed E-state index contributed by atoms with van der Waals surface area (Å²) in [5.41, 5.74) is 2.35. The van der Waals surface area contributed by atoms with E-state index in [-0.39, 0.29) is 5.75 Å². The Labute approximate surface area is 111 Å². The molecule has 1 N–H and O–H groups in total. The number of pyridine rings is 1. The fraction of sp³-hybridized carbons (Fsp3) is 0.267. The number of aryl methyl sites for hydroxylation is 1. The molecular weight excluding hydrogens is 245 g/mol. The molecule has 0 aliphatic carbocycles. The first-order valence-electron chi connectivity index (χ1n) is 6.03. The Morgan fingerprint density at radius 1 is 1.32 bits per heavy atom. The standard InChI is InChI=1S/C15H16FNO2/c1-10-7-12(5-6-17-10)14(18)9-11-3-4-15(19-2)13(16)8-11/h3-8,14,18H,9H2,1-2H3. The monoisotopic (exact) mass is 261 g/mol. The van der Waals surface area contributed by atoms with Gasteiger partial charge in [-0.15, -0.1) is 0 Å². The van der Waals surface area contributed by atoms with E-state index in [1.54, 1.807) is 24.4 Å². The Bertz CT molecular complexity index is 572. The number of aliphatic hydroxyl groups is 1. The van der Waals surface area contributed by atoms with Gasteiger partial charge in [-0.05, 0) is 42.3 Å². The second-order valence-electron chi connectivity index (χ2n) is 4.42. The molecule has 2 rings (SSSR count). The van der Waals surface area contributed by atoms with Crippen LogP contribution in [0, 0.1) is 12.7 Å². The summed E-state index contributed by atoms with van der Waals surface area (Å²) >= 11 is 0. The van der Waals surface area contributed by atoms with Gasteiger partial charge in [0.05, 0.1) is 13.2 Å². The van der Waals surface area contributed by atoms with Crippen molar-refractivity contribution in [3.8, 4) is 5.75 Å². The molecule has 1 aromatic carbocycles. The Kier molecular flexibility index (Phi) is 4.12. The summed E-state index contributed by atoms with van der Waals surface area (Å²) in [6, 6.07) is 8.28. The zero-order chi connectivity index (χ0) is 13.8. The minimum absolute atomic E-state index is 0.206. The van der Waals surface area contributed by atoms with Crippen molar-refractivity contribution < 1.29 is 14.2 Å². The molecule has 0 aliphatic heterocycles. The molecule has 0 radical (unpaired) electrons. The molecule has 0 fully saturated rings. The predicted octanol–water partition coefficient (Wildman–Crippen LogP) is 2.81. The van der Waals surface area contributed by atoms with Gasteiger partial charge in [-0.1, -0.05) is 6.07 Å².